The van der Waals surface area contributed by atoms with Crippen molar-refractivity contribution in [2.45, 2.75) is 31.1 Å². The Balaban J connectivity index is 2.29. The molecule has 0 spiro atoms. The zero-order valence-electron chi connectivity index (χ0n) is 10.1. The number of nitrogens with one attached hydrogen (secondary N) is 1. The Morgan fingerprint density at radius 1 is 1.47 bits per heavy atom. The summed E-state index contributed by atoms with van der Waals surface area (Å²) in [6, 6.07) is 0. The summed E-state index contributed by atoms with van der Waals surface area (Å²) in [6.07, 6.45) is 1.67. The zero-order chi connectivity index (χ0) is 12.7. The van der Waals surface area contributed by atoms with Crippen LogP contribution in [0.1, 0.15) is 25.8 Å². The van der Waals surface area contributed by atoms with E-state index in [0.29, 0.717) is 13.2 Å². The molecule has 2 heterocycles. The number of rotatable bonds is 3. The Bertz CT molecular complexity index is 484. The molecule has 0 atom stereocenters. The van der Waals surface area contributed by atoms with Gasteiger partial charge < -0.3 is 4.74 Å². The molecule has 0 saturated carbocycles. The highest BCUT2D eigenvalue weighted by atomic mass is 32.2. The van der Waals surface area contributed by atoms with E-state index < -0.39 is 20.3 Å². The van der Waals surface area contributed by atoms with E-state index in [1.165, 1.54) is 11.3 Å². The van der Waals surface area contributed by atoms with E-state index in [1.807, 2.05) is 5.38 Å². The van der Waals surface area contributed by atoms with E-state index in [1.54, 1.807) is 27.0 Å². The number of thiazole rings is 1. The van der Waals surface area contributed by atoms with Gasteiger partial charge in [-0.05, 0) is 20.8 Å². The zero-order valence-corrected chi connectivity index (χ0v) is 11.7. The van der Waals surface area contributed by atoms with Crippen molar-refractivity contribution in [3.63, 3.8) is 0 Å². The first-order valence-electron chi connectivity index (χ1n) is 5.28. The van der Waals surface area contributed by atoms with E-state index >= 15 is 0 Å². The molecule has 1 aliphatic rings. The summed E-state index contributed by atoms with van der Waals surface area (Å²) in [4.78, 5) is 4.19. The van der Waals surface area contributed by atoms with Crippen LogP contribution in [0.5, 0.6) is 0 Å². The van der Waals surface area contributed by atoms with Gasteiger partial charge in [-0.3, -0.25) is 0 Å². The minimum Gasteiger partial charge on any atom is -0.376 e. The number of nitrogens with zero attached hydrogens (tertiary/aromatic N) is 1. The van der Waals surface area contributed by atoms with Crippen molar-refractivity contribution in [3.8, 4) is 0 Å². The lowest BCUT2D eigenvalue weighted by molar-refractivity contribution is -0.0667. The topological polar surface area (TPSA) is 68.3 Å². The molecule has 5 nitrogen and oxygen atoms in total. The average Bonchev–Trinajstić information content (AvgIpc) is 2.62. The number of sulfonamides is 1. The van der Waals surface area contributed by atoms with Crippen molar-refractivity contribution in [1.29, 1.82) is 0 Å². The Morgan fingerprint density at radius 2 is 2.12 bits per heavy atom. The molecule has 2 rings (SSSR count). The summed E-state index contributed by atoms with van der Waals surface area (Å²) in [5, 5.41) is 2.59. The Labute approximate surface area is 105 Å². The van der Waals surface area contributed by atoms with Gasteiger partial charge in [-0.25, -0.2) is 13.4 Å². The van der Waals surface area contributed by atoms with Crippen molar-refractivity contribution in [3.05, 3.63) is 16.6 Å². The van der Waals surface area contributed by atoms with E-state index in [9.17, 15) is 8.42 Å². The first-order chi connectivity index (χ1) is 7.77. The molecule has 1 aromatic rings. The molecule has 0 amide bonds. The fourth-order valence-electron chi connectivity index (χ4n) is 1.40. The molecule has 0 aromatic carbocycles. The molecule has 1 N–H and O–H groups in total. The molecule has 96 valence electrons. The van der Waals surface area contributed by atoms with Crippen LogP contribution < -0.4 is 4.72 Å². The highest BCUT2D eigenvalue weighted by Crippen LogP contribution is 2.33. The minimum atomic E-state index is -3.41. The van der Waals surface area contributed by atoms with E-state index in [0.717, 1.165) is 5.01 Å². The first-order valence-corrected chi connectivity index (χ1v) is 7.64. The second kappa shape index (κ2) is 4.01. The van der Waals surface area contributed by atoms with Gasteiger partial charge in [0.15, 0.2) is 0 Å². The van der Waals surface area contributed by atoms with Crippen LogP contribution in [0.25, 0.3) is 0 Å². The van der Waals surface area contributed by atoms with Gasteiger partial charge in [0, 0.05) is 11.6 Å². The highest BCUT2D eigenvalue weighted by molar-refractivity contribution is 7.90. The number of hydrogen-bond acceptors (Lipinski definition) is 5. The van der Waals surface area contributed by atoms with Gasteiger partial charge in [-0.2, -0.15) is 4.72 Å². The molecule has 1 aromatic heterocycles. The van der Waals surface area contributed by atoms with Gasteiger partial charge in [0.2, 0.25) is 10.0 Å². The molecule has 17 heavy (non-hydrogen) atoms. The predicted octanol–water partition coefficient (Wildman–Crippen LogP) is 1.09. The third kappa shape index (κ3) is 2.24. The van der Waals surface area contributed by atoms with Crippen molar-refractivity contribution >= 4 is 21.4 Å². The summed E-state index contributed by atoms with van der Waals surface area (Å²) in [5.74, 6) is 0. The maximum absolute atomic E-state index is 12.2. The minimum absolute atomic E-state index is 0.343. The predicted molar refractivity (Wildman–Crippen MR) is 66.4 cm³/mol. The van der Waals surface area contributed by atoms with Gasteiger partial charge in [0.05, 0.1) is 18.0 Å². The molecule has 7 heteroatoms. The standard InChI is InChI=1S/C10H16N2O3S2/c1-9(2,3)17(13,14)12-10(6-15-7-10)8-11-4-5-16-8/h4-5,12H,6-7H2,1-3H3. The van der Waals surface area contributed by atoms with Gasteiger partial charge in [0.1, 0.15) is 10.5 Å². The summed E-state index contributed by atoms with van der Waals surface area (Å²) >= 11 is 1.44. The van der Waals surface area contributed by atoms with E-state index in [-0.39, 0.29) is 0 Å². The van der Waals surface area contributed by atoms with Crippen LogP contribution in [0.15, 0.2) is 11.6 Å². The van der Waals surface area contributed by atoms with Crippen LogP contribution in [0.2, 0.25) is 0 Å². The summed E-state index contributed by atoms with van der Waals surface area (Å²) < 4.78 is 31.4. The maximum Gasteiger partial charge on any atom is 0.217 e. The molecule has 0 radical (unpaired) electrons. The van der Waals surface area contributed by atoms with Crippen LogP contribution in [0.3, 0.4) is 0 Å². The van der Waals surface area contributed by atoms with Gasteiger partial charge in [-0.15, -0.1) is 11.3 Å². The van der Waals surface area contributed by atoms with Crippen LogP contribution in [-0.2, 0) is 20.3 Å². The summed E-state index contributed by atoms with van der Waals surface area (Å²) in [5.41, 5.74) is -0.666. The molecule has 1 fully saturated rings. The second-order valence-corrected chi connectivity index (χ2v) is 8.46. The fourth-order valence-corrected chi connectivity index (χ4v) is 3.27. The number of ether oxygens (including phenoxy) is 1. The Hall–Kier alpha value is -0.500. The number of aromatic nitrogens is 1. The van der Waals surface area contributed by atoms with Crippen molar-refractivity contribution in [1.82, 2.24) is 9.71 Å². The molecule has 1 saturated heterocycles. The Kier molecular flexibility index (Phi) is 3.05. The van der Waals surface area contributed by atoms with Gasteiger partial charge >= 0.3 is 0 Å². The van der Waals surface area contributed by atoms with Crippen LogP contribution in [0.4, 0.5) is 0 Å². The van der Waals surface area contributed by atoms with Crippen LogP contribution in [-0.4, -0.2) is 31.4 Å². The smallest absolute Gasteiger partial charge is 0.217 e. The summed E-state index contributed by atoms with van der Waals surface area (Å²) in [7, 11) is -3.41. The third-order valence-electron chi connectivity index (χ3n) is 2.67. The van der Waals surface area contributed by atoms with Gasteiger partial charge in [0.25, 0.3) is 0 Å². The third-order valence-corrected chi connectivity index (χ3v) is 5.92. The van der Waals surface area contributed by atoms with Crippen LogP contribution in [0, 0.1) is 0 Å². The molecular formula is C10H16N2O3S2. The van der Waals surface area contributed by atoms with Gasteiger partial charge in [-0.1, -0.05) is 0 Å². The van der Waals surface area contributed by atoms with E-state index in [4.69, 9.17) is 4.74 Å². The normalized spacial score (nSPS) is 19.9. The molecule has 0 aliphatic carbocycles. The second-order valence-electron chi connectivity index (χ2n) is 5.13. The van der Waals surface area contributed by atoms with E-state index in [2.05, 4.69) is 9.71 Å². The highest BCUT2D eigenvalue weighted by Gasteiger charge is 2.48. The summed E-state index contributed by atoms with van der Waals surface area (Å²) in [6.45, 7) is 5.70. The lowest BCUT2D eigenvalue weighted by Gasteiger charge is -2.41. The van der Waals surface area contributed by atoms with Crippen molar-refractivity contribution < 1.29 is 13.2 Å². The molecule has 0 unspecified atom stereocenters. The van der Waals surface area contributed by atoms with Crippen molar-refractivity contribution in [2.24, 2.45) is 0 Å². The molecular weight excluding hydrogens is 260 g/mol. The molecule has 1 aliphatic heterocycles. The van der Waals surface area contributed by atoms with Crippen LogP contribution >= 0.6 is 11.3 Å². The monoisotopic (exact) mass is 276 g/mol. The largest absolute Gasteiger partial charge is 0.376 e. The number of hydrogen-bond donors (Lipinski definition) is 1. The fraction of sp³-hybridized carbons (Fsp3) is 0.700. The maximum atomic E-state index is 12.2. The van der Waals surface area contributed by atoms with Crippen molar-refractivity contribution in [2.75, 3.05) is 13.2 Å². The lowest BCUT2D eigenvalue weighted by Crippen LogP contribution is -2.61. The molecule has 0 bridgehead atoms. The average molecular weight is 276 g/mol. The first kappa shape index (κ1) is 12.9. The Morgan fingerprint density at radius 3 is 2.47 bits per heavy atom. The lowest BCUT2D eigenvalue weighted by atomic mass is 10.0. The quantitative estimate of drug-likeness (QED) is 0.897. The SMILES string of the molecule is CC(C)(C)S(=O)(=O)NC1(c2nccs2)COC1.